The van der Waals surface area contributed by atoms with Crippen LogP contribution in [0.3, 0.4) is 0 Å². The molecule has 4 heteroatoms. The number of amides is 1. The van der Waals surface area contributed by atoms with E-state index in [1.807, 2.05) is 72.9 Å². The molecule has 2 aromatic carbocycles. The number of nitrogens with zero attached hydrogens (tertiary/aromatic N) is 1. The lowest BCUT2D eigenvalue weighted by Gasteiger charge is -2.07. The molecule has 4 rings (SSSR count). The number of para-hydroxylation sites is 1. The number of aromatic amines is 1. The summed E-state index contributed by atoms with van der Waals surface area (Å²) in [5.74, 6) is -0.124. The summed E-state index contributed by atoms with van der Waals surface area (Å²) in [5.41, 5.74) is 4.26. The molecule has 116 valence electrons. The van der Waals surface area contributed by atoms with Crippen molar-refractivity contribution in [3.63, 3.8) is 0 Å². The van der Waals surface area contributed by atoms with E-state index in [0.29, 0.717) is 5.56 Å². The van der Waals surface area contributed by atoms with E-state index in [0.717, 1.165) is 27.8 Å². The molecular weight excluding hydrogens is 298 g/mol. The van der Waals surface area contributed by atoms with Gasteiger partial charge in [0.25, 0.3) is 5.91 Å². The van der Waals surface area contributed by atoms with Gasteiger partial charge in [-0.2, -0.15) is 0 Å². The molecule has 0 aliphatic carbocycles. The normalized spacial score (nSPS) is 10.7. The second-order valence-corrected chi connectivity index (χ2v) is 5.50. The van der Waals surface area contributed by atoms with Crippen molar-refractivity contribution in [2.24, 2.45) is 0 Å². The molecule has 2 aromatic heterocycles. The Morgan fingerprint density at radius 3 is 2.71 bits per heavy atom. The summed E-state index contributed by atoms with van der Waals surface area (Å²) < 4.78 is 0. The summed E-state index contributed by atoms with van der Waals surface area (Å²) in [4.78, 5) is 19.9. The quantitative estimate of drug-likeness (QED) is 0.586. The van der Waals surface area contributed by atoms with Crippen LogP contribution < -0.4 is 5.32 Å². The van der Waals surface area contributed by atoms with Crippen LogP contribution in [0.25, 0.3) is 22.2 Å². The molecular formula is C20H15N3O. The van der Waals surface area contributed by atoms with Crippen molar-refractivity contribution in [2.75, 3.05) is 5.32 Å². The first-order valence-corrected chi connectivity index (χ1v) is 7.70. The van der Waals surface area contributed by atoms with Gasteiger partial charge in [-0.25, -0.2) is 4.98 Å². The van der Waals surface area contributed by atoms with Crippen LogP contribution in [0.4, 0.5) is 5.69 Å². The Bertz CT molecular complexity index is 1010. The number of aromatic nitrogens is 2. The molecule has 0 bridgehead atoms. The summed E-state index contributed by atoms with van der Waals surface area (Å²) in [7, 11) is 0. The van der Waals surface area contributed by atoms with Gasteiger partial charge in [-0.3, -0.25) is 4.79 Å². The number of rotatable bonds is 3. The zero-order valence-electron chi connectivity index (χ0n) is 12.9. The van der Waals surface area contributed by atoms with Crippen molar-refractivity contribution in [1.82, 2.24) is 9.97 Å². The highest BCUT2D eigenvalue weighted by Crippen LogP contribution is 2.28. The molecule has 24 heavy (non-hydrogen) atoms. The molecule has 0 radical (unpaired) electrons. The fraction of sp³-hybridized carbons (Fsp3) is 0. The highest BCUT2D eigenvalue weighted by atomic mass is 16.1. The first-order valence-electron chi connectivity index (χ1n) is 7.70. The number of hydrogen-bond donors (Lipinski definition) is 2. The number of carbonyl (C=O) groups is 1. The molecule has 4 aromatic rings. The zero-order chi connectivity index (χ0) is 16.4. The van der Waals surface area contributed by atoms with Gasteiger partial charge >= 0.3 is 0 Å². The summed E-state index contributed by atoms with van der Waals surface area (Å²) >= 11 is 0. The Labute approximate surface area is 139 Å². The first kappa shape index (κ1) is 14.2. The third kappa shape index (κ3) is 2.65. The van der Waals surface area contributed by atoms with Crippen molar-refractivity contribution in [1.29, 1.82) is 0 Å². The minimum absolute atomic E-state index is 0.124. The van der Waals surface area contributed by atoms with E-state index in [2.05, 4.69) is 15.3 Å². The van der Waals surface area contributed by atoms with Crippen LogP contribution in [0.1, 0.15) is 10.4 Å². The number of hydrogen-bond acceptors (Lipinski definition) is 2. The number of fused-ring (bicyclic) bond motifs is 1. The maximum atomic E-state index is 12.5. The Hall–Kier alpha value is -3.40. The number of anilines is 1. The molecule has 0 saturated heterocycles. The summed E-state index contributed by atoms with van der Waals surface area (Å²) in [6.07, 6.45) is 3.68. The second kappa shape index (κ2) is 6.01. The number of carbonyl (C=O) groups excluding carboxylic acids is 1. The largest absolute Gasteiger partial charge is 0.346 e. The van der Waals surface area contributed by atoms with Crippen LogP contribution in [0.15, 0.2) is 79.1 Å². The van der Waals surface area contributed by atoms with Crippen molar-refractivity contribution >= 4 is 22.6 Å². The molecule has 1 amide bonds. The van der Waals surface area contributed by atoms with E-state index in [4.69, 9.17) is 0 Å². The maximum Gasteiger partial charge on any atom is 0.255 e. The first-order chi connectivity index (χ1) is 11.8. The van der Waals surface area contributed by atoms with Gasteiger partial charge in [0.15, 0.2) is 0 Å². The van der Waals surface area contributed by atoms with E-state index >= 15 is 0 Å². The number of benzene rings is 2. The SMILES string of the molecule is O=C(Nc1ccccc1)c1cccc(-c2c[nH]c3ncccc23)c1. The van der Waals surface area contributed by atoms with Crippen LogP contribution >= 0.6 is 0 Å². The fourth-order valence-electron chi connectivity index (χ4n) is 2.75. The lowest BCUT2D eigenvalue weighted by Crippen LogP contribution is -2.11. The maximum absolute atomic E-state index is 12.5. The third-order valence-electron chi connectivity index (χ3n) is 3.92. The van der Waals surface area contributed by atoms with E-state index in [1.165, 1.54) is 0 Å². The molecule has 0 aliphatic rings. The van der Waals surface area contributed by atoms with Crippen LogP contribution in [-0.4, -0.2) is 15.9 Å². The predicted octanol–water partition coefficient (Wildman–Crippen LogP) is 4.48. The van der Waals surface area contributed by atoms with E-state index in [1.54, 1.807) is 6.20 Å². The molecule has 2 N–H and O–H groups in total. The Kier molecular flexibility index (Phi) is 3.56. The van der Waals surface area contributed by atoms with Gasteiger partial charge in [-0.15, -0.1) is 0 Å². The van der Waals surface area contributed by atoms with Gasteiger partial charge in [-0.05, 0) is 42.0 Å². The fourth-order valence-corrected chi connectivity index (χ4v) is 2.75. The Morgan fingerprint density at radius 2 is 1.83 bits per heavy atom. The molecule has 0 saturated carbocycles. The predicted molar refractivity (Wildman–Crippen MR) is 95.9 cm³/mol. The standard InChI is InChI=1S/C20H15N3O/c24-20(23-16-8-2-1-3-9-16)15-7-4-6-14(12-15)18-13-22-19-17(18)10-5-11-21-19/h1-13H,(H,21,22)(H,23,24). The number of pyridine rings is 1. The minimum Gasteiger partial charge on any atom is -0.346 e. The molecule has 4 nitrogen and oxygen atoms in total. The van der Waals surface area contributed by atoms with Gasteiger partial charge in [0.05, 0.1) is 0 Å². The van der Waals surface area contributed by atoms with Gasteiger partial charge in [0.2, 0.25) is 0 Å². The van der Waals surface area contributed by atoms with Gasteiger partial charge in [0.1, 0.15) is 5.65 Å². The molecule has 0 fully saturated rings. The number of nitrogens with one attached hydrogen (secondary N) is 2. The lowest BCUT2D eigenvalue weighted by molar-refractivity contribution is 0.102. The summed E-state index contributed by atoms with van der Waals surface area (Å²) in [6.45, 7) is 0. The molecule has 0 aliphatic heterocycles. The Balaban J connectivity index is 1.68. The average Bonchev–Trinajstić information content (AvgIpc) is 3.07. The smallest absolute Gasteiger partial charge is 0.255 e. The highest BCUT2D eigenvalue weighted by molar-refractivity contribution is 6.05. The Morgan fingerprint density at radius 1 is 0.958 bits per heavy atom. The van der Waals surface area contributed by atoms with E-state index < -0.39 is 0 Å². The molecule has 0 unspecified atom stereocenters. The monoisotopic (exact) mass is 313 g/mol. The lowest BCUT2D eigenvalue weighted by atomic mass is 10.0. The van der Waals surface area contributed by atoms with Crippen molar-refractivity contribution < 1.29 is 4.79 Å². The van der Waals surface area contributed by atoms with Crippen molar-refractivity contribution in [3.8, 4) is 11.1 Å². The van der Waals surface area contributed by atoms with Crippen LogP contribution in [0.2, 0.25) is 0 Å². The second-order valence-electron chi connectivity index (χ2n) is 5.50. The minimum atomic E-state index is -0.124. The highest BCUT2D eigenvalue weighted by Gasteiger charge is 2.10. The van der Waals surface area contributed by atoms with Crippen LogP contribution in [0, 0.1) is 0 Å². The van der Waals surface area contributed by atoms with E-state index in [-0.39, 0.29) is 5.91 Å². The zero-order valence-corrected chi connectivity index (χ0v) is 12.9. The van der Waals surface area contributed by atoms with Crippen LogP contribution in [0.5, 0.6) is 0 Å². The van der Waals surface area contributed by atoms with Gasteiger partial charge in [0, 0.05) is 34.6 Å². The topological polar surface area (TPSA) is 57.8 Å². The van der Waals surface area contributed by atoms with Gasteiger partial charge in [-0.1, -0.05) is 30.3 Å². The summed E-state index contributed by atoms with van der Waals surface area (Å²) in [6, 6.07) is 21.0. The van der Waals surface area contributed by atoms with E-state index in [9.17, 15) is 4.79 Å². The molecule has 2 heterocycles. The van der Waals surface area contributed by atoms with Crippen molar-refractivity contribution in [3.05, 3.63) is 84.7 Å². The average molecular weight is 313 g/mol. The van der Waals surface area contributed by atoms with Gasteiger partial charge < -0.3 is 10.3 Å². The van der Waals surface area contributed by atoms with Crippen molar-refractivity contribution in [2.45, 2.75) is 0 Å². The summed E-state index contributed by atoms with van der Waals surface area (Å²) in [5, 5.41) is 3.95. The third-order valence-corrected chi connectivity index (χ3v) is 3.92. The molecule has 0 atom stereocenters. The number of H-pyrrole nitrogens is 1. The molecule has 0 spiro atoms. The van der Waals surface area contributed by atoms with Crippen LogP contribution in [-0.2, 0) is 0 Å².